The van der Waals surface area contributed by atoms with Crippen molar-refractivity contribution >= 4 is 11.2 Å². The number of aromatic nitrogens is 4. The van der Waals surface area contributed by atoms with Crippen molar-refractivity contribution < 1.29 is 0 Å². The second-order valence-electron chi connectivity index (χ2n) is 3.90. The van der Waals surface area contributed by atoms with Gasteiger partial charge in [0.2, 0.25) is 0 Å². The van der Waals surface area contributed by atoms with E-state index in [1.54, 1.807) is 24.7 Å². The molecular formula is C11H14N4O2. The van der Waals surface area contributed by atoms with Gasteiger partial charge in [0.25, 0.3) is 5.56 Å². The number of rotatable bonds is 3. The van der Waals surface area contributed by atoms with Crippen molar-refractivity contribution in [3.63, 3.8) is 0 Å². The fraction of sp³-hybridized carbons (Fsp3) is 0.364. The first-order valence-electron chi connectivity index (χ1n) is 5.29. The summed E-state index contributed by atoms with van der Waals surface area (Å²) in [5.74, 6) is 0. The maximum atomic E-state index is 12.1. The zero-order chi connectivity index (χ0) is 12.6. The van der Waals surface area contributed by atoms with Crippen LogP contribution in [0.5, 0.6) is 0 Å². The van der Waals surface area contributed by atoms with Crippen molar-refractivity contribution in [1.82, 2.24) is 18.7 Å². The van der Waals surface area contributed by atoms with E-state index in [9.17, 15) is 9.59 Å². The van der Waals surface area contributed by atoms with Crippen LogP contribution in [0.2, 0.25) is 0 Å². The molecule has 0 aliphatic rings. The first kappa shape index (κ1) is 11.4. The van der Waals surface area contributed by atoms with Gasteiger partial charge in [0.05, 0.1) is 6.33 Å². The summed E-state index contributed by atoms with van der Waals surface area (Å²) in [4.78, 5) is 28.2. The Labute approximate surface area is 97.4 Å². The lowest BCUT2D eigenvalue weighted by molar-refractivity contribution is 0.608. The predicted molar refractivity (Wildman–Crippen MR) is 65.0 cm³/mol. The van der Waals surface area contributed by atoms with Gasteiger partial charge >= 0.3 is 5.69 Å². The van der Waals surface area contributed by atoms with Gasteiger partial charge in [-0.2, -0.15) is 0 Å². The maximum Gasteiger partial charge on any atom is 0.332 e. The lowest BCUT2D eigenvalue weighted by atomic mass is 10.4. The van der Waals surface area contributed by atoms with E-state index in [0.717, 1.165) is 0 Å². The Balaban J connectivity index is 2.84. The topological polar surface area (TPSA) is 61.8 Å². The van der Waals surface area contributed by atoms with E-state index in [-0.39, 0.29) is 11.2 Å². The van der Waals surface area contributed by atoms with Crippen molar-refractivity contribution in [3.8, 4) is 0 Å². The van der Waals surface area contributed by atoms with E-state index in [1.165, 1.54) is 15.5 Å². The normalized spacial score (nSPS) is 10.9. The van der Waals surface area contributed by atoms with Gasteiger partial charge in [-0.3, -0.25) is 13.9 Å². The van der Waals surface area contributed by atoms with Crippen LogP contribution in [-0.4, -0.2) is 18.7 Å². The number of imidazole rings is 1. The number of allylic oxidation sites excluding steroid dienone is 1. The molecule has 0 spiro atoms. The van der Waals surface area contributed by atoms with Crippen molar-refractivity contribution in [2.75, 3.05) is 0 Å². The fourth-order valence-electron chi connectivity index (χ4n) is 1.81. The quantitative estimate of drug-likeness (QED) is 0.703. The molecule has 0 saturated carbocycles. The zero-order valence-corrected chi connectivity index (χ0v) is 9.88. The Bertz CT molecular complexity index is 690. The molecule has 0 aromatic carbocycles. The molecule has 0 amide bonds. The van der Waals surface area contributed by atoms with Crippen LogP contribution < -0.4 is 11.2 Å². The molecule has 2 rings (SSSR count). The molecule has 0 unspecified atom stereocenters. The molecule has 0 fully saturated rings. The van der Waals surface area contributed by atoms with Gasteiger partial charge in [0, 0.05) is 20.6 Å². The van der Waals surface area contributed by atoms with Crippen LogP contribution in [-0.2, 0) is 20.6 Å². The molecule has 2 heterocycles. The highest BCUT2D eigenvalue weighted by atomic mass is 16.2. The van der Waals surface area contributed by atoms with Gasteiger partial charge in [-0.05, 0) is 6.42 Å². The second kappa shape index (κ2) is 4.04. The molecule has 0 aliphatic heterocycles. The van der Waals surface area contributed by atoms with Crippen LogP contribution in [0.4, 0.5) is 0 Å². The number of fused-ring (bicyclic) bond motifs is 1. The SMILES string of the molecule is C=CCCn1c(=O)c2c(ncn2C)n(C)c1=O. The average Bonchev–Trinajstić information content (AvgIpc) is 2.69. The molecule has 0 N–H and O–H groups in total. The number of hydrogen-bond acceptors (Lipinski definition) is 3. The first-order valence-corrected chi connectivity index (χ1v) is 5.29. The van der Waals surface area contributed by atoms with Gasteiger partial charge in [-0.25, -0.2) is 9.78 Å². The Kier molecular flexibility index (Phi) is 2.71. The predicted octanol–water partition coefficient (Wildman–Crippen LogP) is 0.00980. The molecule has 2 aromatic heterocycles. The van der Waals surface area contributed by atoms with Crippen LogP contribution in [0.25, 0.3) is 11.2 Å². The summed E-state index contributed by atoms with van der Waals surface area (Å²) >= 11 is 0. The second-order valence-corrected chi connectivity index (χ2v) is 3.90. The molecule has 6 nitrogen and oxygen atoms in total. The van der Waals surface area contributed by atoms with E-state index in [4.69, 9.17) is 0 Å². The Morgan fingerprint density at radius 1 is 1.41 bits per heavy atom. The average molecular weight is 234 g/mol. The van der Waals surface area contributed by atoms with Gasteiger partial charge < -0.3 is 4.57 Å². The lowest BCUT2D eigenvalue weighted by Gasteiger charge is -2.07. The summed E-state index contributed by atoms with van der Waals surface area (Å²) in [6.45, 7) is 3.93. The molecule has 0 atom stereocenters. The first-order chi connectivity index (χ1) is 8.07. The summed E-state index contributed by atoms with van der Waals surface area (Å²) in [6, 6.07) is 0. The van der Waals surface area contributed by atoms with Crippen LogP contribution in [0.1, 0.15) is 6.42 Å². The molecule has 0 radical (unpaired) electrons. The van der Waals surface area contributed by atoms with E-state index in [2.05, 4.69) is 11.6 Å². The standard InChI is InChI=1S/C11H14N4O2/c1-4-5-6-15-10(16)8-9(12-7-13(8)2)14(3)11(15)17/h4,7H,1,5-6H2,2-3H3. The van der Waals surface area contributed by atoms with Crippen LogP contribution >= 0.6 is 0 Å². The highest BCUT2D eigenvalue weighted by Gasteiger charge is 2.13. The van der Waals surface area contributed by atoms with Crippen molar-refractivity contribution in [3.05, 3.63) is 39.8 Å². The molecular weight excluding hydrogens is 220 g/mol. The third-order valence-corrected chi connectivity index (χ3v) is 2.76. The molecule has 2 aromatic rings. The lowest BCUT2D eigenvalue weighted by Crippen LogP contribution is -2.39. The van der Waals surface area contributed by atoms with Crippen molar-refractivity contribution in [1.29, 1.82) is 0 Å². The highest BCUT2D eigenvalue weighted by Crippen LogP contribution is 2.02. The summed E-state index contributed by atoms with van der Waals surface area (Å²) in [5.41, 5.74) is 0.210. The Morgan fingerprint density at radius 3 is 2.76 bits per heavy atom. The summed E-state index contributed by atoms with van der Waals surface area (Å²) in [7, 11) is 3.35. The van der Waals surface area contributed by atoms with Gasteiger partial charge in [0.15, 0.2) is 11.2 Å². The summed E-state index contributed by atoms with van der Waals surface area (Å²) < 4.78 is 4.23. The van der Waals surface area contributed by atoms with Gasteiger partial charge in [-0.1, -0.05) is 6.08 Å². The minimum atomic E-state index is -0.344. The largest absolute Gasteiger partial charge is 0.332 e. The van der Waals surface area contributed by atoms with E-state index >= 15 is 0 Å². The number of hydrogen-bond donors (Lipinski definition) is 0. The van der Waals surface area contributed by atoms with Crippen molar-refractivity contribution in [2.45, 2.75) is 13.0 Å². The van der Waals surface area contributed by atoms with E-state index in [0.29, 0.717) is 24.1 Å². The van der Waals surface area contributed by atoms with Gasteiger partial charge in [0.1, 0.15) is 0 Å². The molecule has 17 heavy (non-hydrogen) atoms. The fourth-order valence-corrected chi connectivity index (χ4v) is 1.81. The maximum absolute atomic E-state index is 12.1. The smallest absolute Gasteiger partial charge is 0.328 e. The number of nitrogens with zero attached hydrogens (tertiary/aromatic N) is 4. The molecule has 0 bridgehead atoms. The third kappa shape index (κ3) is 1.61. The van der Waals surface area contributed by atoms with Crippen molar-refractivity contribution in [2.24, 2.45) is 14.1 Å². The monoisotopic (exact) mass is 234 g/mol. The van der Waals surface area contributed by atoms with Crippen LogP contribution in [0.15, 0.2) is 28.6 Å². The molecule has 90 valence electrons. The molecule has 6 heteroatoms. The Hall–Kier alpha value is -2.11. The zero-order valence-electron chi connectivity index (χ0n) is 9.88. The minimum absolute atomic E-state index is 0.301. The van der Waals surface area contributed by atoms with E-state index in [1.807, 2.05) is 0 Å². The Morgan fingerprint density at radius 2 is 2.12 bits per heavy atom. The van der Waals surface area contributed by atoms with E-state index < -0.39 is 0 Å². The highest BCUT2D eigenvalue weighted by molar-refractivity contribution is 5.69. The molecule has 0 saturated heterocycles. The van der Waals surface area contributed by atoms with Crippen LogP contribution in [0, 0.1) is 0 Å². The van der Waals surface area contributed by atoms with Gasteiger partial charge in [-0.15, -0.1) is 6.58 Å². The number of aryl methyl sites for hydroxylation is 2. The van der Waals surface area contributed by atoms with Crippen LogP contribution in [0.3, 0.4) is 0 Å². The summed E-state index contributed by atoms with van der Waals surface area (Å²) in [6.07, 6.45) is 3.79. The third-order valence-electron chi connectivity index (χ3n) is 2.76. The minimum Gasteiger partial charge on any atom is -0.328 e. The summed E-state index contributed by atoms with van der Waals surface area (Å²) in [5, 5.41) is 0. The molecule has 0 aliphatic carbocycles.